The first kappa shape index (κ1) is 10.0. The van der Waals surface area contributed by atoms with E-state index in [1.807, 2.05) is 6.92 Å². The Kier molecular flexibility index (Phi) is 3.30. The summed E-state index contributed by atoms with van der Waals surface area (Å²) in [5.74, 6) is 6.39. The lowest BCUT2D eigenvalue weighted by atomic mass is 10.5. The molecule has 5 nitrogen and oxygen atoms in total. The molecule has 0 unspecified atom stereocenters. The summed E-state index contributed by atoms with van der Waals surface area (Å²) in [6, 6.07) is 0. The molecule has 0 atom stereocenters. The van der Waals surface area contributed by atoms with Crippen LogP contribution in [-0.2, 0) is 0 Å². The van der Waals surface area contributed by atoms with Crippen molar-refractivity contribution >= 4 is 11.8 Å². The predicted molar refractivity (Wildman–Crippen MR) is 52.2 cm³/mol. The van der Waals surface area contributed by atoms with Crippen LogP contribution in [0.2, 0.25) is 0 Å². The smallest absolute Gasteiger partial charge is 0.294 e. The summed E-state index contributed by atoms with van der Waals surface area (Å²) in [5.41, 5.74) is 0.0388. The first-order chi connectivity index (χ1) is 6.16. The number of hydrogen-bond donors (Lipinski definition) is 1. The number of aromatic nitrogens is 3. The second kappa shape index (κ2) is 4.27. The molecule has 2 N–H and O–H groups in total. The van der Waals surface area contributed by atoms with Gasteiger partial charge in [0, 0.05) is 5.75 Å². The van der Waals surface area contributed by atoms with Crippen molar-refractivity contribution < 1.29 is 0 Å². The van der Waals surface area contributed by atoms with E-state index in [9.17, 15) is 4.79 Å². The molecule has 1 heterocycles. The van der Waals surface area contributed by atoms with E-state index in [0.717, 1.165) is 16.8 Å². The largest absolute Gasteiger partial charge is 0.334 e. The van der Waals surface area contributed by atoms with Crippen molar-refractivity contribution in [3.8, 4) is 0 Å². The fourth-order valence-electron chi connectivity index (χ4n) is 0.762. The highest BCUT2D eigenvalue weighted by Crippen LogP contribution is 2.11. The maximum absolute atomic E-state index is 11.3. The van der Waals surface area contributed by atoms with Crippen LogP contribution in [0.1, 0.15) is 19.0 Å². The first-order valence-electron chi connectivity index (χ1n) is 4.01. The number of nitrogens with two attached hydrogens (primary N) is 1. The molecule has 0 aliphatic rings. The molecule has 0 radical (unpaired) electrons. The van der Waals surface area contributed by atoms with Gasteiger partial charge in [-0.3, -0.25) is 4.79 Å². The maximum atomic E-state index is 11.3. The molecule has 0 aliphatic heterocycles. The average Bonchev–Trinajstić information content (AvgIpc) is 2.13. The van der Waals surface area contributed by atoms with E-state index in [4.69, 9.17) is 5.84 Å². The minimum Gasteiger partial charge on any atom is -0.334 e. The monoisotopic (exact) mass is 200 g/mol. The Labute approximate surface area is 80.3 Å². The van der Waals surface area contributed by atoms with E-state index in [0.29, 0.717) is 10.9 Å². The van der Waals surface area contributed by atoms with Crippen molar-refractivity contribution in [3.63, 3.8) is 0 Å². The molecular weight excluding hydrogens is 188 g/mol. The topological polar surface area (TPSA) is 73.8 Å². The number of rotatable bonds is 3. The molecule has 0 amide bonds. The van der Waals surface area contributed by atoms with E-state index < -0.39 is 0 Å². The van der Waals surface area contributed by atoms with Gasteiger partial charge >= 0.3 is 0 Å². The van der Waals surface area contributed by atoms with Crippen LogP contribution in [0.3, 0.4) is 0 Å². The van der Waals surface area contributed by atoms with Crippen LogP contribution in [0.5, 0.6) is 0 Å². The van der Waals surface area contributed by atoms with Crippen LogP contribution < -0.4 is 11.4 Å². The van der Waals surface area contributed by atoms with E-state index >= 15 is 0 Å². The van der Waals surface area contributed by atoms with Gasteiger partial charge in [-0.15, -0.1) is 10.2 Å². The van der Waals surface area contributed by atoms with Crippen LogP contribution in [0.25, 0.3) is 0 Å². The van der Waals surface area contributed by atoms with E-state index in [2.05, 4.69) is 10.2 Å². The minimum absolute atomic E-state index is 0.284. The lowest BCUT2D eigenvalue weighted by Crippen LogP contribution is -2.32. The molecule has 72 valence electrons. The second-order valence-electron chi connectivity index (χ2n) is 2.59. The van der Waals surface area contributed by atoms with Crippen LogP contribution in [0.15, 0.2) is 9.95 Å². The van der Waals surface area contributed by atoms with Gasteiger partial charge in [0.05, 0.1) is 0 Å². The third kappa shape index (κ3) is 2.21. The Morgan fingerprint density at radius 2 is 2.23 bits per heavy atom. The van der Waals surface area contributed by atoms with Crippen LogP contribution >= 0.6 is 11.8 Å². The van der Waals surface area contributed by atoms with Gasteiger partial charge in [0.25, 0.3) is 5.56 Å². The van der Waals surface area contributed by atoms with Crippen molar-refractivity contribution in [2.24, 2.45) is 0 Å². The van der Waals surface area contributed by atoms with E-state index in [1.165, 1.54) is 11.8 Å². The zero-order valence-corrected chi connectivity index (χ0v) is 8.47. The molecule has 0 aromatic carbocycles. The third-order valence-corrected chi connectivity index (χ3v) is 2.60. The van der Waals surface area contributed by atoms with E-state index in [-0.39, 0.29) is 5.56 Å². The summed E-state index contributed by atoms with van der Waals surface area (Å²) in [7, 11) is 0. The van der Waals surface area contributed by atoms with Crippen molar-refractivity contribution in [1.82, 2.24) is 14.9 Å². The number of thioether (sulfide) groups is 1. The Hall–Kier alpha value is -1.04. The van der Waals surface area contributed by atoms with E-state index in [1.54, 1.807) is 6.92 Å². The van der Waals surface area contributed by atoms with Gasteiger partial charge in [-0.1, -0.05) is 18.7 Å². The van der Waals surface area contributed by atoms with Gasteiger partial charge in [0.2, 0.25) is 5.16 Å². The molecule has 0 saturated heterocycles. The summed E-state index contributed by atoms with van der Waals surface area (Å²) >= 11 is 1.43. The Morgan fingerprint density at radius 3 is 2.85 bits per heavy atom. The molecule has 6 heteroatoms. The highest BCUT2D eigenvalue weighted by molar-refractivity contribution is 7.99. The maximum Gasteiger partial charge on any atom is 0.294 e. The predicted octanol–water partition coefficient (Wildman–Crippen LogP) is 0.163. The minimum atomic E-state index is -0.284. The van der Waals surface area contributed by atoms with Gasteiger partial charge in [0.15, 0.2) is 0 Å². The average molecular weight is 200 g/mol. The zero-order chi connectivity index (χ0) is 9.84. The lowest BCUT2D eigenvalue weighted by molar-refractivity contribution is 0.681. The quantitative estimate of drug-likeness (QED) is 0.556. The summed E-state index contributed by atoms with van der Waals surface area (Å²) in [4.78, 5) is 11.3. The van der Waals surface area contributed by atoms with Gasteiger partial charge in [-0.25, -0.2) is 0 Å². The number of nitrogens with zero attached hydrogens (tertiary/aromatic N) is 3. The van der Waals surface area contributed by atoms with Crippen LogP contribution in [-0.4, -0.2) is 20.6 Å². The normalized spacial score (nSPS) is 10.3. The van der Waals surface area contributed by atoms with Gasteiger partial charge < -0.3 is 5.84 Å². The van der Waals surface area contributed by atoms with Crippen molar-refractivity contribution in [1.29, 1.82) is 0 Å². The van der Waals surface area contributed by atoms with Gasteiger partial charge in [0.1, 0.15) is 5.69 Å². The molecule has 0 spiro atoms. The van der Waals surface area contributed by atoms with Gasteiger partial charge in [-0.05, 0) is 13.3 Å². The standard InChI is InChI=1S/C7H12N4OS/c1-3-4-13-7-10-9-5(2)6(12)11(7)8/h3-4,8H2,1-2H3. The molecule has 0 saturated carbocycles. The Bertz CT molecular complexity index is 349. The van der Waals surface area contributed by atoms with Crippen molar-refractivity contribution in [2.45, 2.75) is 25.4 Å². The van der Waals surface area contributed by atoms with Crippen LogP contribution in [0.4, 0.5) is 0 Å². The lowest BCUT2D eigenvalue weighted by Gasteiger charge is -2.04. The first-order valence-corrected chi connectivity index (χ1v) is 4.99. The third-order valence-electron chi connectivity index (χ3n) is 1.46. The highest BCUT2D eigenvalue weighted by atomic mass is 32.2. The molecule has 1 aromatic heterocycles. The summed E-state index contributed by atoms with van der Waals surface area (Å²) in [5, 5.41) is 8.01. The number of nitrogen functional groups attached to an aromatic ring is 1. The fourth-order valence-corrected chi connectivity index (χ4v) is 1.47. The Morgan fingerprint density at radius 1 is 1.54 bits per heavy atom. The molecule has 1 rings (SSSR count). The summed E-state index contributed by atoms with van der Waals surface area (Å²) < 4.78 is 1.04. The molecule has 0 bridgehead atoms. The molecular formula is C7H12N4OS. The number of hydrogen-bond acceptors (Lipinski definition) is 5. The van der Waals surface area contributed by atoms with Crippen LogP contribution in [0, 0.1) is 6.92 Å². The highest BCUT2D eigenvalue weighted by Gasteiger charge is 2.05. The van der Waals surface area contributed by atoms with Crippen molar-refractivity contribution in [2.75, 3.05) is 11.6 Å². The zero-order valence-electron chi connectivity index (χ0n) is 7.65. The second-order valence-corrected chi connectivity index (χ2v) is 3.65. The van der Waals surface area contributed by atoms with Gasteiger partial charge in [-0.2, -0.15) is 4.68 Å². The molecule has 0 aliphatic carbocycles. The molecule has 0 fully saturated rings. The molecule has 1 aromatic rings. The Balaban J connectivity index is 2.97. The molecule has 13 heavy (non-hydrogen) atoms. The summed E-state index contributed by atoms with van der Waals surface area (Å²) in [6.07, 6.45) is 1.01. The number of aryl methyl sites for hydroxylation is 1. The fraction of sp³-hybridized carbons (Fsp3) is 0.571. The van der Waals surface area contributed by atoms with Crippen molar-refractivity contribution in [3.05, 3.63) is 16.0 Å². The SMILES string of the molecule is CCCSc1nnc(C)c(=O)n1N. The summed E-state index contributed by atoms with van der Waals surface area (Å²) in [6.45, 7) is 3.64.